The minimum absolute atomic E-state index is 0.304. The van der Waals surface area contributed by atoms with Gasteiger partial charge in [-0.15, -0.1) is 6.42 Å². The fourth-order valence-electron chi connectivity index (χ4n) is 0.846. The third kappa shape index (κ3) is 2.15. The molecule has 0 aliphatic heterocycles. The van der Waals surface area contributed by atoms with E-state index in [1.54, 1.807) is 12.3 Å². The van der Waals surface area contributed by atoms with Crippen molar-refractivity contribution in [3.05, 3.63) is 28.0 Å². The lowest BCUT2D eigenvalue weighted by Crippen LogP contribution is -2.14. The molecule has 1 nitrogen and oxygen atoms in total. The maximum Gasteiger partial charge on any atom is 0.147 e. The maximum atomic E-state index is 5.81. The van der Waals surface area contributed by atoms with Crippen LogP contribution in [0.15, 0.2) is 12.3 Å². The van der Waals surface area contributed by atoms with Crippen molar-refractivity contribution in [2.45, 2.75) is 19.3 Å². The second kappa shape index (κ2) is 3.57. The predicted molar refractivity (Wildman–Crippen MR) is 56.1 cm³/mol. The van der Waals surface area contributed by atoms with E-state index in [4.69, 9.17) is 29.6 Å². The Labute approximate surface area is 88.1 Å². The van der Waals surface area contributed by atoms with E-state index >= 15 is 0 Å². The summed E-state index contributed by atoms with van der Waals surface area (Å²) in [6.45, 7) is 3.85. The van der Waals surface area contributed by atoms with Gasteiger partial charge in [-0.2, -0.15) is 0 Å². The molecule has 1 aromatic rings. The minimum Gasteiger partial charge on any atom is -0.243 e. The Bertz CT molecular complexity index is 364. The molecule has 0 radical (unpaired) electrons. The second-order valence-corrected chi connectivity index (χ2v) is 4.03. The molecule has 0 aliphatic rings. The SMILES string of the molecule is C#CC(C)(C)c1cnc(Cl)c(Cl)c1. The molecule has 0 saturated carbocycles. The number of pyridine rings is 1. The molecule has 0 aliphatic carbocycles. The van der Waals surface area contributed by atoms with Crippen LogP contribution in [0.5, 0.6) is 0 Å². The van der Waals surface area contributed by atoms with Crippen LogP contribution in [0.1, 0.15) is 19.4 Å². The third-order valence-corrected chi connectivity index (χ3v) is 2.56. The molecule has 1 heterocycles. The lowest BCUT2D eigenvalue weighted by atomic mass is 9.87. The maximum absolute atomic E-state index is 5.81. The van der Waals surface area contributed by atoms with Crippen LogP contribution in [0.25, 0.3) is 0 Å². The van der Waals surface area contributed by atoms with E-state index in [-0.39, 0.29) is 5.41 Å². The zero-order chi connectivity index (χ0) is 10.1. The number of halogens is 2. The van der Waals surface area contributed by atoms with E-state index in [0.29, 0.717) is 10.2 Å². The zero-order valence-electron chi connectivity index (χ0n) is 7.44. The van der Waals surface area contributed by atoms with E-state index in [1.165, 1.54) is 0 Å². The van der Waals surface area contributed by atoms with Gasteiger partial charge in [0.15, 0.2) is 0 Å². The lowest BCUT2D eigenvalue weighted by molar-refractivity contribution is 0.695. The molecular formula is C10H9Cl2N. The summed E-state index contributed by atoms with van der Waals surface area (Å²) in [5.74, 6) is 2.66. The van der Waals surface area contributed by atoms with Crippen molar-refractivity contribution >= 4 is 23.2 Å². The van der Waals surface area contributed by atoms with Crippen molar-refractivity contribution in [3.63, 3.8) is 0 Å². The molecule has 0 unspecified atom stereocenters. The highest BCUT2D eigenvalue weighted by Gasteiger charge is 2.18. The van der Waals surface area contributed by atoms with Gasteiger partial charge in [-0.25, -0.2) is 4.98 Å². The Balaban J connectivity index is 3.20. The largest absolute Gasteiger partial charge is 0.243 e. The Morgan fingerprint density at radius 3 is 2.54 bits per heavy atom. The highest BCUT2D eigenvalue weighted by atomic mass is 35.5. The van der Waals surface area contributed by atoms with Crippen LogP contribution in [0.2, 0.25) is 10.2 Å². The van der Waals surface area contributed by atoms with Crippen LogP contribution < -0.4 is 0 Å². The fourth-order valence-corrected chi connectivity index (χ4v) is 1.12. The molecule has 0 saturated heterocycles. The Morgan fingerprint density at radius 1 is 1.46 bits per heavy atom. The second-order valence-electron chi connectivity index (χ2n) is 3.27. The topological polar surface area (TPSA) is 12.9 Å². The summed E-state index contributed by atoms with van der Waals surface area (Å²) in [4.78, 5) is 3.93. The monoisotopic (exact) mass is 213 g/mol. The van der Waals surface area contributed by atoms with Gasteiger partial charge in [-0.3, -0.25) is 0 Å². The number of rotatable bonds is 1. The smallest absolute Gasteiger partial charge is 0.147 e. The van der Waals surface area contributed by atoms with Crippen molar-refractivity contribution in [2.24, 2.45) is 0 Å². The van der Waals surface area contributed by atoms with E-state index in [9.17, 15) is 0 Å². The van der Waals surface area contributed by atoms with Crippen LogP contribution in [0.3, 0.4) is 0 Å². The van der Waals surface area contributed by atoms with Crippen LogP contribution in [-0.4, -0.2) is 4.98 Å². The molecule has 0 N–H and O–H groups in total. The molecule has 0 atom stereocenters. The first kappa shape index (κ1) is 10.4. The minimum atomic E-state index is -0.360. The van der Waals surface area contributed by atoms with Gasteiger partial charge in [0.05, 0.1) is 10.4 Å². The summed E-state index contributed by atoms with van der Waals surface area (Å²) < 4.78 is 0. The summed E-state index contributed by atoms with van der Waals surface area (Å²) >= 11 is 11.5. The van der Waals surface area contributed by atoms with Crippen molar-refractivity contribution in [1.82, 2.24) is 4.98 Å². The van der Waals surface area contributed by atoms with E-state index < -0.39 is 0 Å². The fraction of sp³-hybridized carbons (Fsp3) is 0.300. The summed E-state index contributed by atoms with van der Waals surface area (Å²) in [6.07, 6.45) is 7.02. The average molecular weight is 214 g/mol. The third-order valence-electron chi connectivity index (χ3n) is 1.88. The Kier molecular flexibility index (Phi) is 2.85. The van der Waals surface area contributed by atoms with E-state index in [1.807, 2.05) is 13.8 Å². The van der Waals surface area contributed by atoms with E-state index in [2.05, 4.69) is 10.9 Å². The summed E-state index contributed by atoms with van der Waals surface area (Å²) in [5, 5.41) is 0.737. The average Bonchev–Trinajstić information content (AvgIpc) is 2.09. The number of hydrogen-bond acceptors (Lipinski definition) is 1. The van der Waals surface area contributed by atoms with Crippen LogP contribution in [-0.2, 0) is 5.41 Å². The number of hydrogen-bond donors (Lipinski definition) is 0. The van der Waals surface area contributed by atoms with Crippen LogP contribution >= 0.6 is 23.2 Å². The van der Waals surface area contributed by atoms with Gasteiger partial charge in [-0.1, -0.05) is 29.1 Å². The zero-order valence-corrected chi connectivity index (χ0v) is 8.95. The van der Waals surface area contributed by atoms with Gasteiger partial charge in [0.25, 0.3) is 0 Å². The Morgan fingerprint density at radius 2 is 2.08 bits per heavy atom. The summed E-state index contributed by atoms with van der Waals surface area (Å²) in [7, 11) is 0. The first-order chi connectivity index (χ1) is 5.97. The number of nitrogens with zero attached hydrogens (tertiary/aromatic N) is 1. The van der Waals surface area contributed by atoms with Gasteiger partial charge in [-0.05, 0) is 25.5 Å². The standard InChI is InChI=1S/C10H9Cl2N/c1-4-10(2,3)7-5-8(11)9(12)13-6-7/h1,5-6H,2-3H3. The van der Waals surface area contributed by atoms with Crippen molar-refractivity contribution in [3.8, 4) is 12.3 Å². The van der Waals surface area contributed by atoms with Crippen LogP contribution in [0, 0.1) is 12.3 Å². The quantitative estimate of drug-likeness (QED) is 0.516. The molecule has 13 heavy (non-hydrogen) atoms. The van der Waals surface area contributed by atoms with Gasteiger partial charge in [0.2, 0.25) is 0 Å². The predicted octanol–water partition coefficient (Wildman–Crippen LogP) is 3.30. The number of terminal acetylenes is 1. The molecule has 1 aromatic heterocycles. The molecule has 3 heteroatoms. The highest BCUT2D eigenvalue weighted by Crippen LogP contribution is 2.27. The molecule has 0 amide bonds. The molecule has 0 spiro atoms. The molecule has 0 bridgehead atoms. The molecular weight excluding hydrogens is 205 g/mol. The molecule has 68 valence electrons. The Hall–Kier alpha value is -0.710. The highest BCUT2D eigenvalue weighted by molar-refractivity contribution is 6.41. The van der Waals surface area contributed by atoms with Gasteiger partial charge < -0.3 is 0 Å². The normalized spacial score (nSPS) is 11.0. The molecule has 1 rings (SSSR count). The van der Waals surface area contributed by atoms with Gasteiger partial charge in [0.1, 0.15) is 5.15 Å². The first-order valence-corrected chi connectivity index (χ1v) is 4.52. The van der Waals surface area contributed by atoms with Gasteiger partial charge in [0, 0.05) is 6.20 Å². The summed E-state index contributed by atoms with van der Waals surface area (Å²) in [5.41, 5.74) is 0.533. The lowest BCUT2D eigenvalue weighted by Gasteiger charge is -2.17. The summed E-state index contributed by atoms with van der Waals surface area (Å²) in [6, 6.07) is 1.75. The van der Waals surface area contributed by atoms with Crippen molar-refractivity contribution < 1.29 is 0 Å². The molecule has 0 fully saturated rings. The van der Waals surface area contributed by atoms with Crippen molar-refractivity contribution in [1.29, 1.82) is 0 Å². The van der Waals surface area contributed by atoms with Gasteiger partial charge >= 0.3 is 0 Å². The van der Waals surface area contributed by atoms with Crippen LogP contribution in [0.4, 0.5) is 0 Å². The first-order valence-electron chi connectivity index (χ1n) is 3.76. The van der Waals surface area contributed by atoms with Crippen molar-refractivity contribution in [2.75, 3.05) is 0 Å². The molecule has 0 aromatic carbocycles. The number of aromatic nitrogens is 1. The van der Waals surface area contributed by atoms with E-state index in [0.717, 1.165) is 5.56 Å².